The van der Waals surface area contributed by atoms with Gasteiger partial charge in [0, 0.05) is 18.2 Å². The summed E-state index contributed by atoms with van der Waals surface area (Å²) < 4.78 is 26.1. The number of hydrogen-bond acceptors (Lipinski definition) is 2. The van der Waals surface area contributed by atoms with Gasteiger partial charge in [-0.25, -0.2) is 8.78 Å². The van der Waals surface area contributed by atoms with Gasteiger partial charge in [-0.1, -0.05) is 0 Å². The van der Waals surface area contributed by atoms with Gasteiger partial charge in [0.25, 0.3) is 0 Å². The normalized spacial score (nSPS) is 15.0. The fraction of sp³-hybridized carbons (Fsp3) is 0.455. The molecule has 0 radical (unpaired) electrons. The lowest BCUT2D eigenvalue weighted by molar-refractivity contribution is 0.187. The lowest BCUT2D eigenvalue weighted by atomic mass is 10.1. The minimum Gasteiger partial charge on any atom is -0.392 e. The van der Waals surface area contributed by atoms with Gasteiger partial charge in [0.15, 0.2) is 0 Å². The molecule has 84 valence electrons. The highest BCUT2D eigenvalue weighted by Crippen LogP contribution is 2.17. The molecule has 2 N–H and O–H groups in total. The van der Waals surface area contributed by atoms with Crippen LogP contribution >= 0.6 is 0 Å². The molecule has 15 heavy (non-hydrogen) atoms. The van der Waals surface area contributed by atoms with E-state index in [1.54, 1.807) is 13.8 Å². The Balaban J connectivity index is 2.72. The molecule has 0 aliphatic carbocycles. The highest BCUT2D eigenvalue weighted by atomic mass is 19.1. The molecule has 1 aromatic carbocycles. The molecule has 0 saturated heterocycles. The number of aliphatic hydroxyl groups excluding tert-OH is 1. The number of aliphatic hydroxyl groups is 1. The molecule has 0 aliphatic rings. The van der Waals surface area contributed by atoms with Gasteiger partial charge in [0.2, 0.25) is 0 Å². The molecule has 2 nitrogen and oxygen atoms in total. The maximum atomic E-state index is 13.3. The van der Waals surface area contributed by atoms with E-state index in [1.807, 2.05) is 0 Å². The summed E-state index contributed by atoms with van der Waals surface area (Å²) in [6, 6.07) is 3.02. The summed E-state index contributed by atoms with van der Waals surface area (Å²) in [5, 5.41) is 12.0. The molecule has 0 aromatic heterocycles. The van der Waals surface area contributed by atoms with E-state index >= 15 is 0 Å². The molecule has 4 heteroatoms. The van der Waals surface area contributed by atoms with Crippen LogP contribution in [0.2, 0.25) is 0 Å². The third kappa shape index (κ3) is 3.57. The first-order valence-corrected chi connectivity index (χ1v) is 4.87. The van der Waals surface area contributed by atoms with Gasteiger partial charge in [-0.2, -0.15) is 0 Å². The Labute approximate surface area is 87.9 Å². The molecule has 0 bridgehead atoms. The largest absolute Gasteiger partial charge is 0.392 e. The minimum absolute atomic E-state index is 0.274. The Morgan fingerprint density at radius 3 is 2.60 bits per heavy atom. The molecular weight excluding hydrogens is 200 g/mol. The number of halogens is 2. The van der Waals surface area contributed by atoms with E-state index in [2.05, 4.69) is 5.32 Å². The number of nitrogens with one attached hydrogen (secondary N) is 1. The molecule has 0 fully saturated rings. The van der Waals surface area contributed by atoms with Crippen LogP contribution in [0.25, 0.3) is 0 Å². The van der Waals surface area contributed by atoms with Crippen LogP contribution in [0.4, 0.5) is 8.78 Å². The Hall–Kier alpha value is -1.00. The van der Waals surface area contributed by atoms with Crippen molar-refractivity contribution in [3.8, 4) is 0 Å². The van der Waals surface area contributed by atoms with E-state index in [1.165, 1.54) is 0 Å². The summed E-state index contributed by atoms with van der Waals surface area (Å²) in [5.41, 5.74) is 0.274. The van der Waals surface area contributed by atoms with Crippen LogP contribution in [0, 0.1) is 11.6 Å². The lowest BCUT2D eigenvalue weighted by Gasteiger charge is -2.16. The van der Waals surface area contributed by atoms with Crippen LogP contribution in [0.1, 0.15) is 25.5 Å². The quantitative estimate of drug-likeness (QED) is 0.805. The Morgan fingerprint density at radius 2 is 2.00 bits per heavy atom. The molecular formula is C11H15F2NO. The van der Waals surface area contributed by atoms with E-state index < -0.39 is 17.7 Å². The number of benzene rings is 1. The third-order valence-corrected chi connectivity index (χ3v) is 2.14. The molecule has 0 spiro atoms. The van der Waals surface area contributed by atoms with Gasteiger partial charge < -0.3 is 10.4 Å². The molecule has 0 heterocycles. The first kappa shape index (κ1) is 12.1. The monoisotopic (exact) mass is 215 g/mol. The second kappa shape index (κ2) is 5.19. The Kier molecular flexibility index (Phi) is 4.17. The maximum absolute atomic E-state index is 13.3. The maximum Gasteiger partial charge on any atom is 0.128 e. The van der Waals surface area contributed by atoms with Crippen molar-refractivity contribution in [3.63, 3.8) is 0 Å². The first-order valence-electron chi connectivity index (χ1n) is 4.87. The summed E-state index contributed by atoms with van der Waals surface area (Å²) in [6.45, 7) is 3.69. The van der Waals surface area contributed by atoms with Gasteiger partial charge in [0.05, 0.1) is 6.10 Å². The van der Waals surface area contributed by atoms with Gasteiger partial charge in [-0.15, -0.1) is 0 Å². The fourth-order valence-corrected chi connectivity index (χ4v) is 1.30. The average molecular weight is 215 g/mol. The summed E-state index contributed by atoms with van der Waals surface area (Å²) in [4.78, 5) is 0. The van der Waals surface area contributed by atoms with E-state index in [9.17, 15) is 8.78 Å². The van der Waals surface area contributed by atoms with E-state index in [-0.39, 0.29) is 11.6 Å². The molecule has 2 unspecified atom stereocenters. The SMILES string of the molecule is CC(O)CNC(C)c1cc(F)ccc1F. The fourth-order valence-electron chi connectivity index (χ4n) is 1.30. The van der Waals surface area contributed by atoms with Crippen LogP contribution in [0.3, 0.4) is 0 Å². The van der Waals surface area contributed by atoms with Crippen molar-refractivity contribution >= 4 is 0 Å². The van der Waals surface area contributed by atoms with Crippen LogP contribution in [-0.4, -0.2) is 17.8 Å². The summed E-state index contributed by atoms with van der Waals surface area (Å²) in [6.07, 6.45) is -0.510. The predicted octanol–water partition coefficient (Wildman–Crippen LogP) is 2.00. The molecule has 2 atom stereocenters. The summed E-state index contributed by atoms with van der Waals surface area (Å²) >= 11 is 0. The van der Waals surface area contributed by atoms with Gasteiger partial charge >= 0.3 is 0 Å². The van der Waals surface area contributed by atoms with Crippen LogP contribution < -0.4 is 5.32 Å². The number of hydrogen-bond donors (Lipinski definition) is 2. The first-order chi connectivity index (χ1) is 7.00. The van der Waals surface area contributed by atoms with Gasteiger partial charge in [-0.05, 0) is 32.0 Å². The minimum atomic E-state index is -0.510. The van der Waals surface area contributed by atoms with Crippen molar-refractivity contribution in [3.05, 3.63) is 35.4 Å². The lowest BCUT2D eigenvalue weighted by Crippen LogP contribution is -2.27. The Morgan fingerprint density at radius 1 is 1.33 bits per heavy atom. The topological polar surface area (TPSA) is 32.3 Å². The zero-order valence-corrected chi connectivity index (χ0v) is 8.80. The van der Waals surface area contributed by atoms with Crippen molar-refractivity contribution in [2.45, 2.75) is 26.0 Å². The molecule has 0 saturated carbocycles. The smallest absolute Gasteiger partial charge is 0.128 e. The zero-order chi connectivity index (χ0) is 11.4. The van der Waals surface area contributed by atoms with Crippen molar-refractivity contribution in [2.24, 2.45) is 0 Å². The Bertz CT molecular complexity index is 328. The molecule has 1 rings (SSSR count). The number of rotatable bonds is 4. The standard InChI is InChI=1S/C11H15F2NO/c1-7(15)6-14-8(2)10-5-9(12)3-4-11(10)13/h3-5,7-8,14-15H,6H2,1-2H3. The van der Waals surface area contributed by atoms with Crippen molar-refractivity contribution in [2.75, 3.05) is 6.54 Å². The second-order valence-electron chi connectivity index (χ2n) is 3.64. The van der Waals surface area contributed by atoms with Crippen molar-refractivity contribution < 1.29 is 13.9 Å². The van der Waals surface area contributed by atoms with Crippen LogP contribution in [-0.2, 0) is 0 Å². The molecule has 0 amide bonds. The second-order valence-corrected chi connectivity index (χ2v) is 3.64. The third-order valence-electron chi connectivity index (χ3n) is 2.14. The predicted molar refractivity (Wildman–Crippen MR) is 54.5 cm³/mol. The summed E-state index contributed by atoms with van der Waals surface area (Å²) in [5.74, 6) is -0.904. The van der Waals surface area contributed by atoms with E-state index in [4.69, 9.17) is 5.11 Å². The van der Waals surface area contributed by atoms with E-state index in [0.29, 0.717) is 6.54 Å². The van der Waals surface area contributed by atoms with Crippen molar-refractivity contribution in [1.82, 2.24) is 5.32 Å². The van der Waals surface area contributed by atoms with E-state index in [0.717, 1.165) is 18.2 Å². The average Bonchev–Trinajstić information content (AvgIpc) is 2.18. The van der Waals surface area contributed by atoms with Gasteiger partial charge in [-0.3, -0.25) is 0 Å². The van der Waals surface area contributed by atoms with Gasteiger partial charge in [0.1, 0.15) is 11.6 Å². The zero-order valence-electron chi connectivity index (χ0n) is 8.80. The highest BCUT2D eigenvalue weighted by molar-refractivity contribution is 5.21. The van der Waals surface area contributed by atoms with Crippen LogP contribution in [0.15, 0.2) is 18.2 Å². The highest BCUT2D eigenvalue weighted by Gasteiger charge is 2.11. The molecule has 1 aromatic rings. The summed E-state index contributed by atoms with van der Waals surface area (Å²) in [7, 11) is 0. The van der Waals surface area contributed by atoms with Crippen molar-refractivity contribution in [1.29, 1.82) is 0 Å². The molecule has 0 aliphatic heterocycles. The van der Waals surface area contributed by atoms with Crippen LogP contribution in [0.5, 0.6) is 0 Å².